The SMILES string of the molecule is Cc1cc(-c2cc(C)c(N)c3c2C(=O)c2ccccc2C3=O)c2c(c1N)C(=O)c1ccccc1C2=O. The third-order valence-corrected chi connectivity index (χ3v) is 7.18. The van der Waals surface area contributed by atoms with Gasteiger partial charge in [-0.2, -0.15) is 0 Å². The lowest BCUT2D eigenvalue weighted by Crippen LogP contribution is -2.26. The third-order valence-electron chi connectivity index (χ3n) is 7.18. The second-order valence-electron chi connectivity index (χ2n) is 9.22. The number of hydrogen-bond acceptors (Lipinski definition) is 6. The molecule has 0 spiro atoms. The summed E-state index contributed by atoms with van der Waals surface area (Å²) in [5.74, 6) is -1.42. The predicted molar refractivity (Wildman–Crippen MR) is 137 cm³/mol. The first-order valence-corrected chi connectivity index (χ1v) is 11.5. The van der Waals surface area contributed by atoms with Crippen LogP contribution in [0.4, 0.5) is 11.4 Å². The molecule has 0 amide bonds. The molecule has 0 aromatic heterocycles. The highest BCUT2D eigenvalue weighted by molar-refractivity contribution is 6.35. The lowest BCUT2D eigenvalue weighted by Gasteiger charge is -2.27. The van der Waals surface area contributed by atoms with Gasteiger partial charge in [-0.15, -0.1) is 0 Å². The molecule has 6 heteroatoms. The standard InChI is InChI=1S/C30H20N2O4/c1-13-11-19(21-23(25(13)31)29(35)17-9-5-3-7-15(17)27(21)33)20-12-14(2)26(32)24-22(20)28(34)16-8-4-6-10-18(16)30(24)36/h3-12H,31-32H2,1-2H3. The molecule has 174 valence electrons. The molecule has 0 saturated carbocycles. The minimum Gasteiger partial charge on any atom is -0.398 e. The van der Waals surface area contributed by atoms with Gasteiger partial charge in [0.15, 0.2) is 23.1 Å². The maximum atomic E-state index is 13.8. The van der Waals surface area contributed by atoms with E-state index < -0.39 is 0 Å². The fraction of sp³-hybridized carbons (Fsp3) is 0.0667. The molecule has 6 rings (SSSR count). The maximum absolute atomic E-state index is 13.8. The van der Waals surface area contributed by atoms with E-state index in [1.807, 2.05) is 0 Å². The smallest absolute Gasteiger partial charge is 0.196 e. The van der Waals surface area contributed by atoms with E-state index in [-0.39, 0.29) is 79.0 Å². The molecular weight excluding hydrogens is 452 g/mol. The van der Waals surface area contributed by atoms with Crippen LogP contribution in [0.5, 0.6) is 0 Å². The first-order valence-electron chi connectivity index (χ1n) is 11.5. The van der Waals surface area contributed by atoms with Crippen LogP contribution >= 0.6 is 0 Å². The minimum absolute atomic E-state index is 0.118. The van der Waals surface area contributed by atoms with Crippen molar-refractivity contribution in [3.63, 3.8) is 0 Å². The molecule has 6 nitrogen and oxygen atoms in total. The fourth-order valence-corrected chi connectivity index (χ4v) is 5.33. The summed E-state index contributed by atoms with van der Waals surface area (Å²) in [6.07, 6.45) is 0. The Morgan fingerprint density at radius 1 is 0.444 bits per heavy atom. The second-order valence-corrected chi connectivity index (χ2v) is 9.22. The fourth-order valence-electron chi connectivity index (χ4n) is 5.33. The van der Waals surface area contributed by atoms with Crippen molar-refractivity contribution in [3.05, 3.63) is 116 Å². The van der Waals surface area contributed by atoms with Gasteiger partial charge < -0.3 is 11.5 Å². The molecule has 36 heavy (non-hydrogen) atoms. The summed E-state index contributed by atoms with van der Waals surface area (Å²) in [4.78, 5) is 54.6. The summed E-state index contributed by atoms with van der Waals surface area (Å²) in [6.45, 7) is 3.49. The Kier molecular flexibility index (Phi) is 4.41. The molecule has 0 aliphatic heterocycles. The van der Waals surface area contributed by atoms with Gasteiger partial charge >= 0.3 is 0 Å². The van der Waals surface area contributed by atoms with Crippen LogP contribution in [0.1, 0.15) is 74.8 Å². The average Bonchev–Trinajstić information content (AvgIpc) is 2.88. The Balaban J connectivity index is 1.74. The van der Waals surface area contributed by atoms with Crippen LogP contribution in [-0.4, -0.2) is 23.1 Å². The van der Waals surface area contributed by atoms with Crippen LogP contribution in [0, 0.1) is 13.8 Å². The highest BCUT2D eigenvalue weighted by Crippen LogP contribution is 2.44. The van der Waals surface area contributed by atoms with Gasteiger partial charge in [-0.25, -0.2) is 0 Å². The molecule has 0 radical (unpaired) electrons. The molecule has 0 fully saturated rings. The molecule has 0 heterocycles. The molecule has 0 unspecified atom stereocenters. The van der Waals surface area contributed by atoms with E-state index in [1.165, 1.54) is 0 Å². The van der Waals surface area contributed by atoms with Gasteiger partial charge in [-0.3, -0.25) is 19.2 Å². The topological polar surface area (TPSA) is 120 Å². The van der Waals surface area contributed by atoms with Crippen LogP contribution < -0.4 is 11.5 Å². The lowest BCUT2D eigenvalue weighted by atomic mass is 9.74. The normalized spacial score (nSPS) is 13.7. The monoisotopic (exact) mass is 472 g/mol. The summed E-state index contributed by atoms with van der Waals surface area (Å²) in [6, 6.07) is 16.6. The molecule has 0 bridgehead atoms. The van der Waals surface area contributed by atoms with Gasteiger partial charge in [-0.05, 0) is 48.2 Å². The number of rotatable bonds is 1. The van der Waals surface area contributed by atoms with Crippen molar-refractivity contribution in [1.82, 2.24) is 0 Å². The van der Waals surface area contributed by atoms with E-state index >= 15 is 0 Å². The number of nitrogen functional groups attached to an aromatic ring is 2. The largest absolute Gasteiger partial charge is 0.398 e. The van der Waals surface area contributed by atoms with E-state index in [1.54, 1.807) is 74.5 Å². The summed E-state index contributed by atoms with van der Waals surface area (Å²) >= 11 is 0. The Morgan fingerprint density at radius 2 is 0.722 bits per heavy atom. The number of benzene rings is 4. The number of carbonyl (C=O) groups excluding carboxylic acids is 4. The number of nitrogens with two attached hydrogens (primary N) is 2. The minimum atomic E-state index is -0.361. The van der Waals surface area contributed by atoms with Crippen LogP contribution in [0.15, 0.2) is 60.7 Å². The van der Waals surface area contributed by atoms with Crippen molar-refractivity contribution in [3.8, 4) is 11.1 Å². The van der Waals surface area contributed by atoms with Gasteiger partial charge in [0, 0.05) is 44.8 Å². The van der Waals surface area contributed by atoms with Crippen LogP contribution in [0.3, 0.4) is 0 Å². The van der Waals surface area contributed by atoms with E-state index in [9.17, 15) is 19.2 Å². The molecule has 2 aliphatic carbocycles. The van der Waals surface area contributed by atoms with Gasteiger partial charge in [0.25, 0.3) is 0 Å². The highest BCUT2D eigenvalue weighted by Gasteiger charge is 2.38. The number of anilines is 2. The molecule has 0 saturated heterocycles. The first-order chi connectivity index (χ1) is 17.2. The van der Waals surface area contributed by atoms with Crippen molar-refractivity contribution < 1.29 is 19.2 Å². The van der Waals surface area contributed by atoms with Gasteiger partial charge in [0.2, 0.25) is 0 Å². The highest BCUT2D eigenvalue weighted by atomic mass is 16.1. The third kappa shape index (κ3) is 2.66. The summed E-state index contributed by atoms with van der Waals surface area (Å²) in [5.41, 5.74) is 16.7. The van der Waals surface area contributed by atoms with E-state index in [0.29, 0.717) is 22.3 Å². The van der Waals surface area contributed by atoms with Crippen molar-refractivity contribution in [2.45, 2.75) is 13.8 Å². The second kappa shape index (κ2) is 7.33. The number of carbonyl (C=O) groups is 4. The Labute approximate surface area is 206 Å². The predicted octanol–water partition coefficient (Wildman–Crippen LogP) is 4.69. The first kappa shape index (κ1) is 21.7. The van der Waals surface area contributed by atoms with Crippen molar-refractivity contribution in [2.75, 3.05) is 11.5 Å². The zero-order valence-electron chi connectivity index (χ0n) is 19.6. The average molecular weight is 473 g/mol. The van der Waals surface area contributed by atoms with Crippen molar-refractivity contribution in [2.24, 2.45) is 0 Å². The van der Waals surface area contributed by atoms with Gasteiger partial charge in [0.05, 0.1) is 11.1 Å². The summed E-state index contributed by atoms with van der Waals surface area (Å²) in [5, 5.41) is 0. The zero-order valence-corrected chi connectivity index (χ0v) is 19.6. The number of ketones is 4. The van der Waals surface area contributed by atoms with E-state index in [4.69, 9.17) is 11.5 Å². The number of fused-ring (bicyclic) bond motifs is 4. The number of aryl methyl sites for hydroxylation is 2. The molecule has 4 aromatic carbocycles. The Bertz CT molecular complexity index is 1620. The van der Waals surface area contributed by atoms with Crippen molar-refractivity contribution >= 4 is 34.5 Å². The molecule has 0 atom stereocenters. The molecular formula is C30H20N2O4. The van der Waals surface area contributed by atoms with Crippen LogP contribution in [-0.2, 0) is 0 Å². The molecule has 4 N–H and O–H groups in total. The Hall–Kier alpha value is -4.84. The quantitative estimate of drug-likeness (QED) is 0.335. The zero-order chi connectivity index (χ0) is 25.5. The molecule has 4 aromatic rings. The lowest BCUT2D eigenvalue weighted by molar-refractivity contribution is 0.0978. The van der Waals surface area contributed by atoms with Crippen LogP contribution in [0.2, 0.25) is 0 Å². The number of hydrogen-bond donors (Lipinski definition) is 2. The summed E-state index contributed by atoms with van der Waals surface area (Å²) < 4.78 is 0. The Morgan fingerprint density at radius 3 is 1.03 bits per heavy atom. The van der Waals surface area contributed by atoms with Crippen LogP contribution in [0.25, 0.3) is 11.1 Å². The van der Waals surface area contributed by atoms with Gasteiger partial charge in [-0.1, -0.05) is 48.5 Å². The maximum Gasteiger partial charge on any atom is 0.196 e. The van der Waals surface area contributed by atoms with E-state index in [0.717, 1.165) is 0 Å². The van der Waals surface area contributed by atoms with Gasteiger partial charge in [0.1, 0.15) is 0 Å². The molecule has 2 aliphatic rings. The summed E-state index contributed by atoms with van der Waals surface area (Å²) in [7, 11) is 0. The van der Waals surface area contributed by atoms with Crippen molar-refractivity contribution in [1.29, 1.82) is 0 Å². The van der Waals surface area contributed by atoms with E-state index in [2.05, 4.69) is 0 Å².